The molecule has 0 fully saturated rings. The molecule has 1 atom stereocenters. The quantitative estimate of drug-likeness (QED) is 0.706. The molecule has 0 spiro atoms. The molecule has 0 aliphatic rings. The van der Waals surface area contributed by atoms with Crippen LogP contribution >= 0.6 is 31.9 Å². The first-order valence-electron chi connectivity index (χ1n) is 7.19. The molecule has 2 aromatic rings. The van der Waals surface area contributed by atoms with Crippen LogP contribution in [0.25, 0.3) is 0 Å². The van der Waals surface area contributed by atoms with E-state index in [1.807, 2.05) is 12.4 Å². The van der Waals surface area contributed by atoms with Gasteiger partial charge in [0.05, 0.1) is 0 Å². The summed E-state index contributed by atoms with van der Waals surface area (Å²) in [6, 6.07) is 8.94. The fourth-order valence-corrected chi connectivity index (χ4v) is 3.28. The zero-order chi connectivity index (χ0) is 15.2. The standard InChI is InChI=1S/C17H20Br2N2/c1-3-6-21-17(9-13-8-14(18)11-20-10-13)15-7-12(2)4-5-16(15)19/h4-5,7-8,10-11,17,21H,3,6,9H2,1-2H3. The van der Waals surface area contributed by atoms with Gasteiger partial charge in [0.2, 0.25) is 0 Å². The van der Waals surface area contributed by atoms with Crippen molar-refractivity contribution in [1.29, 1.82) is 0 Å². The first-order valence-corrected chi connectivity index (χ1v) is 8.77. The molecule has 21 heavy (non-hydrogen) atoms. The highest BCUT2D eigenvalue weighted by atomic mass is 79.9. The Kier molecular flexibility index (Phi) is 6.40. The zero-order valence-corrected chi connectivity index (χ0v) is 15.5. The average molecular weight is 412 g/mol. The molecule has 0 saturated carbocycles. The summed E-state index contributed by atoms with van der Waals surface area (Å²) in [5, 5.41) is 3.65. The second kappa shape index (κ2) is 8.06. The third-order valence-corrected chi connectivity index (χ3v) is 4.52. The molecule has 2 nitrogen and oxygen atoms in total. The highest BCUT2D eigenvalue weighted by Gasteiger charge is 2.15. The van der Waals surface area contributed by atoms with E-state index in [4.69, 9.17) is 0 Å². The van der Waals surface area contributed by atoms with Crippen molar-refractivity contribution in [2.45, 2.75) is 32.7 Å². The van der Waals surface area contributed by atoms with Gasteiger partial charge in [-0.25, -0.2) is 0 Å². The third-order valence-electron chi connectivity index (χ3n) is 3.37. The first kappa shape index (κ1) is 16.7. The highest BCUT2D eigenvalue weighted by molar-refractivity contribution is 9.10. The van der Waals surface area contributed by atoms with E-state index in [1.54, 1.807) is 0 Å². The third kappa shape index (κ3) is 4.90. The van der Waals surface area contributed by atoms with E-state index in [1.165, 1.54) is 16.7 Å². The molecule has 1 N–H and O–H groups in total. The maximum Gasteiger partial charge on any atom is 0.0410 e. The van der Waals surface area contributed by atoms with Gasteiger partial charge in [-0.2, -0.15) is 0 Å². The van der Waals surface area contributed by atoms with Gasteiger partial charge in [-0.1, -0.05) is 40.5 Å². The van der Waals surface area contributed by atoms with Gasteiger partial charge in [0, 0.05) is 27.4 Å². The van der Waals surface area contributed by atoms with Crippen molar-refractivity contribution in [2.75, 3.05) is 6.54 Å². The van der Waals surface area contributed by atoms with Crippen LogP contribution in [0.15, 0.2) is 45.6 Å². The Hall–Kier alpha value is -0.710. The Labute approximate surface area is 143 Å². The van der Waals surface area contributed by atoms with Crippen molar-refractivity contribution in [2.24, 2.45) is 0 Å². The molecule has 1 aromatic heterocycles. The van der Waals surface area contributed by atoms with E-state index in [-0.39, 0.29) is 6.04 Å². The van der Waals surface area contributed by atoms with Gasteiger partial charge in [-0.3, -0.25) is 4.98 Å². The lowest BCUT2D eigenvalue weighted by Gasteiger charge is -2.21. The van der Waals surface area contributed by atoms with E-state index in [0.29, 0.717) is 0 Å². The van der Waals surface area contributed by atoms with E-state index in [2.05, 4.69) is 80.3 Å². The van der Waals surface area contributed by atoms with Crippen LogP contribution in [0, 0.1) is 6.92 Å². The van der Waals surface area contributed by atoms with Gasteiger partial charge in [-0.15, -0.1) is 0 Å². The van der Waals surface area contributed by atoms with E-state index < -0.39 is 0 Å². The number of benzene rings is 1. The minimum Gasteiger partial charge on any atom is -0.310 e. The second-order valence-electron chi connectivity index (χ2n) is 5.25. The summed E-state index contributed by atoms with van der Waals surface area (Å²) in [5.74, 6) is 0. The predicted molar refractivity (Wildman–Crippen MR) is 95.6 cm³/mol. The van der Waals surface area contributed by atoms with Crippen molar-refractivity contribution in [3.63, 3.8) is 0 Å². The smallest absolute Gasteiger partial charge is 0.0410 e. The molecule has 112 valence electrons. The van der Waals surface area contributed by atoms with Crippen LogP contribution in [0.2, 0.25) is 0 Å². The van der Waals surface area contributed by atoms with E-state index in [9.17, 15) is 0 Å². The number of aryl methyl sites for hydroxylation is 1. The molecular formula is C17H20Br2N2. The lowest BCUT2D eigenvalue weighted by molar-refractivity contribution is 0.526. The number of nitrogens with zero attached hydrogens (tertiary/aromatic N) is 1. The predicted octanol–water partition coefficient (Wildman–Crippen LogP) is 5.20. The SMILES string of the molecule is CCCNC(Cc1cncc(Br)c1)c1cc(C)ccc1Br. The van der Waals surface area contributed by atoms with Crippen LogP contribution in [0.5, 0.6) is 0 Å². The summed E-state index contributed by atoms with van der Waals surface area (Å²) in [7, 11) is 0. The first-order chi connectivity index (χ1) is 10.1. The molecule has 0 aliphatic heterocycles. The fourth-order valence-electron chi connectivity index (χ4n) is 2.34. The summed E-state index contributed by atoms with van der Waals surface area (Å²) in [5.41, 5.74) is 3.82. The molecule has 0 amide bonds. The lowest BCUT2D eigenvalue weighted by Crippen LogP contribution is -2.24. The molecule has 0 aliphatic carbocycles. The monoisotopic (exact) mass is 410 g/mol. The Morgan fingerprint density at radius 3 is 2.71 bits per heavy atom. The number of hydrogen-bond donors (Lipinski definition) is 1. The Bertz CT molecular complexity index is 599. The molecule has 1 heterocycles. The summed E-state index contributed by atoms with van der Waals surface area (Å²) in [6.07, 6.45) is 5.81. The number of nitrogens with one attached hydrogen (secondary N) is 1. The molecule has 0 saturated heterocycles. The number of aromatic nitrogens is 1. The summed E-state index contributed by atoms with van der Waals surface area (Å²) >= 11 is 7.18. The Balaban J connectivity index is 2.27. The molecular weight excluding hydrogens is 392 g/mol. The maximum absolute atomic E-state index is 4.26. The Morgan fingerprint density at radius 2 is 2.00 bits per heavy atom. The van der Waals surface area contributed by atoms with Crippen molar-refractivity contribution in [3.8, 4) is 0 Å². The van der Waals surface area contributed by atoms with Crippen LogP contribution in [-0.4, -0.2) is 11.5 Å². The lowest BCUT2D eigenvalue weighted by atomic mass is 9.98. The molecule has 1 aromatic carbocycles. The number of halogens is 2. The fraction of sp³-hybridized carbons (Fsp3) is 0.353. The summed E-state index contributed by atoms with van der Waals surface area (Å²) in [4.78, 5) is 4.26. The molecule has 1 unspecified atom stereocenters. The number of rotatable bonds is 6. The van der Waals surface area contributed by atoms with Gasteiger partial charge in [0.15, 0.2) is 0 Å². The summed E-state index contributed by atoms with van der Waals surface area (Å²) < 4.78 is 2.18. The molecule has 0 radical (unpaired) electrons. The molecule has 0 bridgehead atoms. The van der Waals surface area contributed by atoms with Crippen LogP contribution in [-0.2, 0) is 6.42 Å². The van der Waals surface area contributed by atoms with E-state index in [0.717, 1.165) is 28.3 Å². The van der Waals surface area contributed by atoms with Crippen molar-refractivity contribution in [3.05, 3.63) is 62.3 Å². The number of pyridine rings is 1. The van der Waals surface area contributed by atoms with Crippen molar-refractivity contribution < 1.29 is 0 Å². The minimum atomic E-state index is 0.287. The normalized spacial score (nSPS) is 12.4. The zero-order valence-electron chi connectivity index (χ0n) is 12.4. The van der Waals surface area contributed by atoms with Crippen molar-refractivity contribution in [1.82, 2.24) is 10.3 Å². The average Bonchev–Trinajstić information content (AvgIpc) is 2.46. The van der Waals surface area contributed by atoms with Crippen molar-refractivity contribution >= 4 is 31.9 Å². The highest BCUT2D eigenvalue weighted by Crippen LogP contribution is 2.27. The van der Waals surface area contributed by atoms with Crippen LogP contribution < -0.4 is 5.32 Å². The van der Waals surface area contributed by atoms with E-state index >= 15 is 0 Å². The van der Waals surface area contributed by atoms with Crippen LogP contribution in [0.4, 0.5) is 0 Å². The molecule has 2 rings (SSSR count). The van der Waals surface area contributed by atoms with Gasteiger partial charge < -0.3 is 5.32 Å². The second-order valence-corrected chi connectivity index (χ2v) is 7.02. The minimum absolute atomic E-state index is 0.287. The van der Waals surface area contributed by atoms with Gasteiger partial charge in [0.25, 0.3) is 0 Å². The van der Waals surface area contributed by atoms with Gasteiger partial charge >= 0.3 is 0 Å². The van der Waals surface area contributed by atoms with Crippen LogP contribution in [0.3, 0.4) is 0 Å². The van der Waals surface area contributed by atoms with Gasteiger partial charge in [0.1, 0.15) is 0 Å². The van der Waals surface area contributed by atoms with Crippen LogP contribution in [0.1, 0.15) is 36.1 Å². The maximum atomic E-state index is 4.26. The number of hydrogen-bond acceptors (Lipinski definition) is 2. The largest absolute Gasteiger partial charge is 0.310 e. The molecule has 4 heteroatoms. The van der Waals surface area contributed by atoms with Gasteiger partial charge in [-0.05, 0) is 65.5 Å². The topological polar surface area (TPSA) is 24.9 Å². The Morgan fingerprint density at radius 1 is 1.19 bits per heavy atom. The summed E-state index contributed by atoms with van der Waals surface area (Å²) in [6.45, 7) is 5.33.